The molecule has 1 atom stereocenters. The Morgan fingerprint density at radius 3 is 2.57 bits per heavy atom. The maximum Gasteiger partial charge on any atom is 0.163 e. The number of H-pyrrole nitrogens is 1. The SMILES string of the molecule is CCN1CCN(c2ccc(-c3n[nH]c4cnc(-c5c(C)cc(C6CCCCN6)cc5F)nc34)cc2)CC1. The van der Waals surface area contributed by atoms with Crippen LogP contribution >= 0.6 is 0 Å². The molecule has 2 aromatic carbocycles. The number of aromatic nitrogens is 4. The number of halogens is 1. The molecular weight excluding hydrogens is 465 g/mol. The standard InChI is InChI=1S/C29H34FN7/c1-3-36-12-14-37(15-13-36)22-9-7-20(8-10-22)27-28-25(34-35-27)18-32-29(33-28)26-19(2)16-21(17-23(26)30)24-6-4-5-11-31-24/h7-10,16-18,24,31H,3-6,11-15H2,1-2H3,(H,34,35). The van der Waals surface area contributed by atoms with Crippen molar-refractivity contribution in [2.45, 2.75) is 39.2 Å². The lowest BCUT2D eigenvalue weighted by molar-refractivity contribution is 0.271. The van der Waals surface area contributed by atoms with Gasteiger partial charge in [0.25, 0.3) is 0 Å². The summed E-state index contributed by atoms with van der Waals surface area (Å²) in [4.78, 5) is 14.2. The third-order valence-electron chi connectivity index (χ3n) is 7.87. The number of nitrogens with zero attached hydrogens (tertiary/aromatic N) is 5. The Kier molecular flexibility index (Phi) is 6.61. The number of aromatic amines is 1. The Bertz CT molecular complexity index is 1360. The first-order valence-electron chi connectivity index (χ1n) is 13.4. The number of rotatable bonds is 5. The van der Waals surface area contributed by atoms with Crippen LogP contribution in [-0.2, 0) is 0 Å². The first kappa shape index (κ1) is 24.0. The summed E-state index contributed by atoms with van der Waals surface area (Å²) in [5, 5.41) is 11.1. The summed E-state index contributed by atoms with van der Waals surface area (Å²) in [7, 11) is 0. The fraction of sp³-hybridized carbons (Fsp3) is 0.414. The third-order valence-corrected chi connectivity index (χ3v) is 7.87. The first-order chi connectivity index (χ1) is 18.1. The second-order valence-corrected chi connectivity index (χ2v) is 10.2. The Labute approximate surface area is 217 Å². The quantitative estimate of drug-likeness (QED) is 0.399. The van der Waals surface area contributed by atoms with Crippen LogP contribution in [0.2, 0.25) is 0 Å². The maximum absolute atomic E-state index is 15.4. The number of piperidine rings is 1. The van der Waals surface area contributed by atoms with E-state index >= 15 is 4.39 Å². The van der Waals surface area contributed by atoms with Crippen LogP contribution in [0, 0.1) is 12.7 Å². The highest BCUT2D eigenvalue weighted by atomic mass is 19.1. The lowest BCUT2D eigenvalue weighted by atomic mass is 9.94. The van der Waals surface area contributed by atoms with E-state index < -0.39 is 0 Å². The van der Waals surface area contributed by atoms with E-state index in [-0.39, 0.29) is 11.9 Å². The first-order valence-corrected chi connectivity index (χ1v) is 13.4. The van der Waals surface area contributed by atoms with E-state index in [2.05, 4.69) is 67.6 Å². The van der Waals surface area contributed by atoms with Gasteiger partial charge in [-0.3, -0.25) is 5.10 Å². The Balaban J connectivity index is 1.29. The molecule has 2 aliphatic rings. The van der Waals surface area contributed by atoms with Crippen LogP contribution in [0.4, 0.5) is 10.1 Å². The molecule has 4 heterocycles. The van der Waals surface area contributed by atoms with Gasteiger partial charge < -0.3 is 15.1 Å². The van der Waals surface area contributed by atoms with Crippen molar-refractivity contribution in [2.24, 2.45) is 0 Å². The van der Waals surface area contributed by atoms with Gasteiger partial charge in [0.1, 0.15) is 22.5 Å². The summed E-state index contributed by atoms with van der Waals surface area (Å²) in [5.74, 6) is 0.109. The molecule has 2 aliphatic heterocycles. The topological polar surface area (TPSA) is 73.0 Å². The predicted octanol–water partition coefficient (Wildman–Crippen LogP) is 5.09. The molecule has 2 fully saturated rings. The Hall–Kier alpha value is -3.36. The molecule has 2 N–H and O–H groups in total. The van der Waals surface area contributed by atoms with Crippen molar-refractivity contribution in [3.05, 3.63) is 59.5 Å². The van der Waals surface area contributed by atoms with Crippen molar-refractivity contribution < 1.29 is 4.39 Å². The molecule has 0 bridgehead atoms. The van der Waals surface area contributed by atoms with E-state index in [9.17, 15) is 0 Å². The third kappa shape index (κ3) is 4.71. The number of anilines is 1. The number of aryl methyl sites for hydroxylation is 1. The smallest absolute Gasteiger partial charge is 0.163 e. The molecule has 0 spiro atoms. The van der Waals surface area contributed by atoms with Gasteiger partial charge in [0, 0.05) is 43.5 Å². The van der Waals surface area contributed by atoms with Gasteiger partial charge in [-0.15, -0.1) is 0 Å². The van der Waals surface area contributed by atoms with Crippen LogP contribution in [0.1, 0.15) is 43.4 Å². The van der Waals surface area contributed by atoms with Gasteiger partial charge >= 0.3 is 0 Å². The van der Waals surface area contributed by atoms with Gasteiger partial charge in [0.05, 0.1) is 11.8 Å². The van der Waals surface area contributed by atoms with Gasteiger partial charge in [0.15, 0.2) is 5.82 Å². The highest BCUT2D eigenvalue weighted by Crippen LogP contribution is 2.33. The van der Waals surface area contributed by atoms with Crippen LogP contribution in [0.25, 0.3) is 33.7 Å². The van der Waals surface area contributed by atoms with Crippen LogP contribution < -0.4 is 10.2 Å². The van der Waals surface area contributed by atoms with Gasteiger partial charge in [0.2, 0.25) is 0 Å². The van der Waals surface area contributed by atoms with Crippen LogP contribution in [0.5, 0.6) is 0 Å². The Morgan fingerprint density at radius 1 is 1.05 bits per heavy atom. The lowest BCUT2D eigenvalue weighted by Gasteiger charge is -2.35. The van der Waals surface area contributed by atoms with E-state index in [4.69, 9.17) is 4.98 Å². The van der Waals surface area contributed by atoms with E-state index in [0.717, 1.165) is 73.6 Å². The molecule has 0 saturated carbocycles. The molecule has 7 nitrogen and oxygen atoms in total. The molecule has 2 aromatic heterocycles. The molecule has 37 heavy (non-hydrogen) atoms. The highest BCUT2D eigenvalue weighted by Gasteiger charge is 2.21. The molecule has 192 valence electrons. The number of benzene rings is 2. The van der Waals surface area contributed by atoms with Crippen LogP contribution in [-0.4, -0.2) is 64.3 Å². The minimum Gasteiger partial charge on any atom is -0.369 e. The van der Waals surface area contributed by atoms with Crippen LogP contribution in [0.3, 0.4) is 0 Å². The van der Waals surface area contributed by atoms with Crippen molar-refractivity contribution in [3.8, 4) is 22.6 Å². The number of fused-ring (bicyclic) bond motifs is 1. The number of hydrogen-bond acceptors (Lipinski definition) is 6. The van der Waals surface area contributed by atoms with Gasteiger partial charge in [-0.1, -0.05) is 31.5 Å². The zero-order valence-electron chi connectivity index (χ0n) is 21.6. The van der Waals surface area contributed by atoms with Gasteiger partial charge in [-0.2, -0.15) is 5.10 Å². The fourth-order valence-corrected chi connectivity index (χ4v) is 5.68. The van der Waals surface area contributed by atoms with Crippen LogP contribution in [0.15, 0.2) is 42.6 Å². The average molecular weight is 500 g/mol. The number of hydrogen-bond donors (Lipinski definition) is 2. The molecule has 0 amide bonds. The van der Waals surface area contributed by atoms with E-state index in [1.54, 1.807) is 12.3 Å². The summed E-state index contributed by atoms with van der Waals surface area (Å²) < 4.78 is 15.4. The van der Waals surface area contributed by atoms with Gasteiger partial charge in [-0.05, 0) is 62.2 Å². The summed E-state index contributed by atoms with van der Waals surface area (Å²) in [6, 6.07) is 12.4. The highest BCUT2D eigenvalue weighted by molar-refractivity contribution is 5.90. The second-order valence-electron chi connectivity index (χ2n) is 10.2. The molecule has 2 saturated heterocycles. The van der Waals surface area contributed by atoms with Crippen molar-refractivity contribution >= 4 is 16.7 Å². The molecule has 8 heteroatoms. The number of likely N-dealkylation sites (N-methyl/N-ethyl adjacent to an activating group) is 1. The molecule has 0 radical (unpaired) electrons. The Morgan fingerprint density at radius 2 is 1.86 bits per heavy atom. The monoisotopic (exact) mass is 499 g/mol. The summed E-state index contributed by atoms with van der Waals surface area (Å²) in [6.07, 6.45) is 5.08. The van der Waals surface area contributed by atoms with Crippen molar-refractivity contribution in [1.29, 1.82) is 0 Å². The molecule has 1 unspecified atom stereocenters. The number of nitrogens with one attached hydrogen (secondary N) is 2. The van der Waals surface area contributed by atoms with Crippen molar-refractivity contribution in [2.75, 3.05) is 44.2 Å². The zero-order chi connectivity index (χ0) is 25.4. The second kappa shape index (κ2) is 10.2. The molecular formula is C29H34FN7. The number of piperazine rings is 1. The normalized spacial score (nSPS) is 19.0. The predicted molar refractivity (Wildman–Crippen MR) is 146 cm³/mol. The minimum atomic E-state index is -0.278. The van der Waals surface area contributed by atoms with Crippen molar-refractivity contribution in [3.63, 3.8) is 0 Å². The summed E-state index contributed by atoms with van der Waals surface area (Å²) in [5.41, 5.74) is 6.68. The maximum atomic E-state index is 15.4. The lowest BCUT2D eigenvalue weighted by Crippen LogP contribution is -2.46. The summed E-state index contributed by atoms with van der Waals surface area (Å²) in [6.45, 7) is 10.5. The van der Waals surface area contributed by atoms with Crippen molar-refractivity contribution in [1.82, 2.24) is 30.4 Å². The van der Waals surface area contributed by atoms with E-state index in [0.29, 0.717) is 16.9 Å². The minimum absolute atomic E-state index is 0.207. The average Bonchev–Trinajstić information content (AvgIpc) is 3.37. The molecule has 4 aromatic rings. The van der Waals surface area contributed by atoms with Gasteiger partial charge in [-0.25, -0.2) is 14.4 Å². The fourth-order valence-electron chi connectivity index (χ4n) is 5.68. The largest absolute Gasteiger partial charge is 0.369 e. The van der Waals surface area contributed by atoms with E-state index in [1.165, 1.54) is 18.5 Å². The molecule has 6 rings (SSSR count). The summed E-state index contributed by atoms with van der Waals surface area (Å²) >= 11 is 0. The zero-order valence-corrected chi connectivity index (χ0v) is 21.6. The van der Waals surface area contributed by atoms with E-state index in [1.807, 2.05) is 6.92 Å². The molecule has 0 aliphatic carbocycles.